The van der Waals surface area contributed by atoms with E-state index in [1.165, 1.54) is 5.56 Å². The number of nitrogens with one attached hydrogen (secondary N) is 2. The Bertz CT molecular complexity index is 467. The van der Waals surface area contributed by atoms with E-state index in [2.05, 4.69) is 41.5 Å². The number of carbonyl (C=O) groups is 1. The monoisotopic (exact) mass is 289 g/mol. The number of likely N-dealkylation sites (N-methyl/N-ethyl adjacent to an activating group) is 1. The van der Waals surface area contributed by atoms with E-state index in [-0.39, 0.29) is 5.91 Å². The van der Waals surface area contributed by atoms with Crippen molar-refractivity contribution in [1.82, 2.24) is 10.2 Å². The van der Waals surface area contributed by atoms with Crippen molar-refractivity contribution in [2.75, 3.05) is 32.0 Å². The molecule has 1 aliphatic rings. The SMILES string of the molecule is CC(C)c1cccc(NC(=O)CN(C)C2CCNCC2)c1. The van der Waals surface area contributed by atoms with Crippen molar-refractivity contribution in [3.63, 3.8) is 0 Å². The van der Waals surface area contributed by atoms with Gasteiger partial charge in [0.25, 0.3) is 0 Å². The highest BCUT2D eigenvalue weighted by molar-refractivity contribution is 5.92. The van der Waals surface area contributed by atoms with Gasteiger partial charge < -0.3 is 10.6 Å². The molecule has 1 heterocycles. The van der Waals surface area contributed by atoms with Crippen molar-refractivity contribution in [3.05, 3.63) is 29.8 Å². The average molecular weight is 289 g/mol. The van der Waals surface area contributed by atoms with Crippen LogP contribution < -0.4 is 10.6 Å². The molecule has 1 aliphatic heterocycles. The maximum absolute atomic E-state index is 12.2. The number of benzene rings is 1. The Morgan fingerprint density at radius 1 is 1.38 bits per heavy atom. The molecule has 0 radical (unpaired) electrons. The third kappa shape index (κ3) is 4.83. The predicted molar refractivity (Wildman–Crippen MR) is 87.7 cm³/mol. The quantitative estimate of drug-likeness (QED) is 0.875. The lowest BCUT2D eigenvalue weighted by atomic mass is 10.0. The van der Waals surface area contributed by atoms with Gasteiger partial charge in [-0.3, -0.25) is 9.69 Å². The number of piperidine rings is 1. The zero-order valence-electron chi connectivity index (χ0n) is 13.4. The van der Waals surface area contributed by atoms with Crippen LogP contribution in [0.15, 0.2) is 24.3 Å². The molecule has 0 aromatic heterocycles. The Morgan fingerprint density at radius 3 is 2.76 bits per heavy atom. The number of hydrogen-bond acceptors (Lipinski definition) is 3. The van der Waals surface area contributed by atoms with Crippen LogP contribution in [0.4, 0.5) is 5.69 Å². The minimum atomic E-state index is 0.0666. The van der Waals surface area contributed by atoms with Crippen molar-refractivity contribution in [3.8, 4) is 0 Å². The summed E-state index contributed by atoms with van der Waals surface area (Å²) in [6, 6.07) is 8.63. The van der Waals surface area contributed by atoms with Crippen molar-refractivity contribution in [1.29, 1.82) is 0 Å². The van der Waals surface area contributed by atoms with E-state index in [9.17, 15) is 4.79 Å². The van der Waals surface area contributed by atoms with E-state index in [1.807, 2.05) is 19.2 Å². The molecule has 0 saturated carbocycles. The molecule has 0 unspecified atom stereocenters. The van der Waals surface area contributed by atoms with Gasteiger partial charge in [0.1, 0.15) is 0 Å². The smallest absolute Gasteiger partial charge is 0.238 e. The van der Waals surface area contributed by atoms with Crippen LogP contribution in [-0.2, 0) is 4.79 Å². The maximum atomic E-state index is 12.2. The fraction of sp³-hybridized carbons (Fsp3) is 0.588. The summed E-state index contributed by atoms with van der Waals surface area (Å²) in [6.07, 6.45) is 2.24. The molecule has 2 N–H and O–H groups in total. The number of carbonyl (C=O) groups excluding carboxylic acids is 1. The van der Waals surface area contributed by atoms with E-state index in [0.29, 0.717) is 18.5 Å². The third-order valence-corrected chi connectivity index (χ3v) is 4.16. The molecule has 4 nitrogen and oxygen atoms in total. The molecule has 0 spiro atoms. The summed E-state index contributed by atoms with van der Waals surface area (Å²) in [6.45, 7) is 6.87. The molecule has 2 rings (SSSR count). The van der Waals surface area contributed by atoms with E-state index in [0.717, 1.165) is 31.6 Å². The third-order valence-electron chi connectivity index (χ3n) is 4.16. The fourth-order valence-electron chi connectivity index (χ4n) is 2.78. The highest BCUT2D eigenvalue weighted by Crippen LogP contribution is 2.18. The first kappa shape index (κ1) is 16.0. The van der Waals surface area contributed by atoms with Crippen LogP contribution in [0, 0.1) is 0 Å². The van der Waals surface area contributed by atoms with Crippen molar-refractivity contribution in [2.45, 2.75) is 38.6 Å². The Morgan fingerprint density at radius 2 is 2.10 bits per heavy atom. The lowest BCUT2D eigenvalue weighted by Crippen LogP contribution is -2.44. The fourth-order valence-corrected chi connectivity index (χ4v) is 2.78. The number of nitrogens with zero attached hydrogens (tertiary/aromatic N) is 1. The molecule has 21 heavy (non-hydrogen) atoms. The lowest BCUT2D eigenvalue weighted by Gasteiger charge is -2.31. The van der Waals surface area contributed by atoms with E-state index < -0.39 is 0 Å². The van der Waals surface area contributed by atoms with Crippen LogP contribution in [-0.4, -0.2) is 43.5 Å². The van der Waals surface area contributed by atoms with Gasteiger partial charge in [0.2, 0.25) is 5.91 Å². The zero-order chi connectivity index (χ0) is 15.2. The minimum Gasteiger partial charge on any atom is -0.325 e. The number of rotatable bonds is 5. The summed E-state index contributed by atoms with van der Waals surface area (Å²) in [7, 11) is 2.04. The first-order valence-electron chi connectivity index (χ1n) is 7.87. The van der Waals surface area contributed by atoms with Crippen molar-refractivity contribution < 1.29 is 4.79 Å². The molecule has 1 saturated heterocycles. The maximum Gasteiger partial charge on any atom is 0.238 e. The number of hydrogen-bond donors (Lipinski definition) is 2. The van der Waals surface area contributed by atoms with Crippen LogP contribution >= 0.6 is 0 Å². The molecule has 1 fully saturated rings. The first-order valence-corrected chi connectivity index (χ1v) is 7.87. The highest BCUT2D eigenvalue weighted by Gasteiger charge is 2.19. The Kier molecular flexibility index (Phi) is 5.76. The van der Waals surface area contributed by atoms with Gasteiger partial charge in [0, 0.05) is 11.7 Å². The summed E-state index contributed by atoms with van der Waals surface area (Å²) in [5.41, 5.74) is 2.14. The van der Waals surface area contributed by atoms with E-state index in [4.69, 9.17) is 0 Å². The van der Waals surface area contributed by atoms with E-state index >= 15 is 0 Å². The molecule has 116 valence electrons. The van der Waals surface area contributed by atoms with Crippen molar-refractivity contribution in [2.24, 2.45) is 0 Å². The minimum absolute atomic E-state index is 0.0666. The van der Waals surface area contributed by atoms with Gasteiger partial charge in [-0.1, -0.05) is 26.0 Å². The summed E-state index contributed by atoms with van der Waals surface area (Å²) in [5.74, 6) is 0.538. The molecule has 0 bridgehead atoms. The lowest BCUT2D eigenvalue weighted by molar-refractivity contribution is -0.117. The van der Waals surface area contributed by atoms with Gasteiger partial charge in [0.05, 0.1) is 6.54 Å². The van der Waals surface area contributed by atoms with Crippen LogP contribution in [0.1, 0.15) is 38.2 Å². The van der Waals surface area contributed by atoms with Crippen molar-refractivity contribution >= 4 is 11.6 Å². The summed E-state index contributed by atoms with van der Waals surface area (Å²) >= 11 is 0. The molecular weight excluding hydrogens is 262 g/mol. The molecule has 4 heteroatoms. The molecule has 0 atom stereocenters. The summed E-state index contributed by atoms with van der Waals surface area (Å²) in [5, 5.41) is 6.36. The zero-order valence-corrected chi connectivity index (χ0v) is 13.4. The Balaban J connectivity index is 1.87. The normalized spacial score (nSPS) is 16.4. The second-order valence-corrected chi connectivity index (χ2v) is 6.22. The molecule has 1 amide bonds. The first-order chi connectivity index (χ1) is 10.1. The van der Waals surface area contributed by atoms with Crippen LogP contribution in [0.5, 0.6) is 0 Å². The average Bonchev–Trinajstić information content (AvgIpc) is 2.48. The topological polar surface area (TPSA) is 44.4 Å². The second-order valence-electron chi connectivity index (χ2n) is 6.22. The van der Waals surface area contributed by atoms with Gasteiger partial charge >= 0.3 is 0 Å². The molecule has 1 aromatic rings. The van der Waals surface area contributed by atoms with Gasteiger partial charge in [-0.15, -0.1) is 0 Å². The predicted octanol–water partition coefficient (Wildman–Crippen LogP) is 2.43. The van der Waals surface area contributed by atoms with Gasteiger partial charge in [-0.25, -0.2) is 0 Å². The molecule has 1 aromatic carbocycles. The Hall–Kier alpha value is -1.39. The van der Waals surface area contributed by atoms with Crippen LogP contribution in [0.3, 0.4) is 0 Å². The molecule has 0 aliphatic carbocycles. The van der Waals surface area contributed by atoms with Gasteiger partial charge in [-0.2, -0.15) is 0 Å². The van der Waals surface area contributed by atoms with Crippen LogP contribution in [0.25, 0.3) is 0 Å². The highest BCUT2D eigenvalue weighted by atomic mass is 16.2. The van der Waals surface area contributed by atoms with Gasteiger partial charge in [0.15, 0.2) is 0 Å². The standard InChI is InChI=1S/C17H27N3O/c1-13(2)14-5-4-6-15(11-14)19-17(21)12-20(3)16-7-9-18-10-8-16/h4-6,11,13,16,18H,7-10,12H2,1-3H3,(H,19,21). The molecular formula is C17H27N3O. The number of amides is 1. The van der Waals surface area contributed by atoms with Crippen LogP contribution in [0.2, 0.25) is 0 Å². The van der Waals surface area contributed by atoms with E-state index in [1.54, 1.807) is 0 Å². The van der Waals surface area contributed by atoms with Gasteiger partial charge in [-0.05, 0) is 56.6 Å². The summed E-state index contributed by atoms with van der Waals surface area (Å²) in [4.78, 5) is 14.3. The largest absolute Gasteiger partial charge is 0.325 e. The number of anilines is 1. The Labute approximate surface area is 127 Å². The second kappa shape index (κ2) is 7.57. The summed E-state index contributed by atoms with van der Waals surface area (Å²) < 4.78 is 0.